The zero-order valence-corrected chi connectivity index (χ0v) is 10.5. The number of hydrogen-bond acceptors (Lipinski definition) is 1. The minimum atomic E-state index is 0.0747. The Hall–Kier alpha value is -1.83. The Morgan fingerprint density at radius 1 is 1.29 bits per heavy atom. The van der Waals surface area contributed by atoms with Gasteiger partial charge in [-0.1, -0.05) is 48.1 Å². The van der Waals surface area contributed by atoms with Crippen LogP contribution in [-0.2, 0) is 4.79 Å². The molecule has 0 aliphatic carbocycles. The summed E-state index contributed by atoms with van der Waals surface area (Å²) in [5.41, 5.74) is 2.32. The molecule has 0 atom stereocenters. The minimum Gasteiger partial charge on any atom is -0.335 e. The SMILES string of the molecule is C=CCN(C/C(C)=C/c1ccccc1)C(C)=O. The fourth-order valence-corrected chi connectivity index (χ4v) is 1.64. The summed E-state index contributed by atoms with van der Waals surface area (Å²) in [5.74, 6) is 0.0747. The first-order chi connectivity index (χ1) is 8.13. The van der Waals surface area contributed by atoms with Crippen molar-refractivity contribution in [1.82, 2.24) is 4.90 Å². The summed E-state index contributed by atoms with van der Waals surface area (Å²) in [7, 11) is 0. The van der Waals surface area contributed by atoms with Gasteiger partial charge in [-0.05, 0) is 12.5 Å². The molecule has 1 aromatic carbocycles. The number of hydrogen-bond donors (Lipinski definition) is 0. The molecule has 0 saturated carbocycles. The molecule has 0 bridgehead atoms. The van der Waals surface area contributed by atoms with Crippen LogP contribution in [0.1, 0.15) is 19.4 Å². The van der Waals surface area contributed by atoms with Crippen LogP contribution in [0.3, 0.4) is 0 Å². The third-order valence-electron chi connectivity index (χ3n) is 2.45. The van der Waals surface area contributed by atoms with Crippen LogP contribution in [0.5, 0.6) is 0 Å². The molecule has 0 spiro atoms. The van der Waals surface area contributed by atoms with Crippen LogP contribution in [0, 0.1) is 0 Å². The molecule has 0 aliphatic heterocycles. The molecule has 0 N–H and O–H groups in total. The largest absolute Gasteiger partial charge is 0.335 e. The van der Waals surface area contributed by atoms with Crippen molar-refractivity contribution in [2.24, 2.45) is 0 Å². The molecule has 0 radical (unpaired) electrons. The van der Waals surface area contributed by atoms with Crippen LogP contribution in [0.15, 0.2) is 48.6 Å². The topological polar surface area (TPSA) is 20.3 Å². The van der Waals surface area contributed by atoms with Crippen molar-refractivity contribution in [3.8, 4) is 0 Å². The van der Waals surface area contributed by atoms with E-state index in [4.69, 9.17) is 0 Å². The van der Waals surface area contributed by atoms with E-state index in [1.54, 1.807) is 17.9 Å². The molecule has 0 aromatic heterocycles. The second kappa shape index (κ2) is 6.69. The molecule has 1 rings (SSSR count). The zero-order chi connectivity index (χ0) is 12.7. The van der Waals surface area contributed by atoms with Crippen molar-refractivity contribution in [2.45, 2.75) is 13.8 Å². The Bertz CT molecular complexity index is 406. The van der Waals surface area contributed by atoms with Gasteiger partial charge < -0.3 is 4.90 Å². The summed E-state index contributed by atoms with van der Waals surface area (Å²) in [5, 5.41) is 0. The van der Waals surface area contributed by atoms with Gasteiger partial charge >= 0.3 is 0 Å². The zero-order valence-electron chi connectivity index (χ0n) is 10.5. The maximum atomic E-state index is 11.4. The maximum absolute atomic E-state index is 11.4. The molecular weight excluding hydrogens is 210 g/mol. The Balaban J connectivity index is 2.70. The molecule has 0 unspecified atom stereocenters. The van der Waals surface area contributed by atoms with Gasteiger partial charge in [-0.3, -0.25) is 4.79 Å². The summed E-state index contributed by atoms with van der Waals surface area (Å²) in [6.45, 7) is 8.52. The Morgan fingerprint density at radius 3 is 2.47 bits per heavy atom. The molecule has 0 heterocycles. The molecule has 1 aromatic rings. The molecule has 2 nitrogen and oxygen atoms in total. The monoisotopic (exact) mass is 229 g/mol. The van der Waals surface area contributed by atoms with Crippen LogP contribution in [0.4, 0.5) is 0 Å². The van der Waals surface area contributed by atoms with Gasteiger partial charge in [0.05, 0.1) is 0 Å². The quantitative estimate of drug-likeness (QED) is 0.710. The van der Waals surface area contributed by atoms with Crippen molar-refractivity contribution in [3.05, 3.63) is 54.1 Å². The fourth-order valence-electron chi connectivity index (χ4n) is 1.64. The number of carbonyl (C=O) groups is 1. The normalized spacial score (nSPS) is 11.1. The van der Waals surface area contributed by atoms with Gasteiger partial charge in [-0.25, -0.2) is 0 Å². The Morgan fingerprint density at radius 2 is 1.94 bits per heavy atom. The summed E-state index contributed by atoms with van der Waals surface area (Å²) < 4.78 is 0. The number of rotatable bonds is 5. The lowest BCUT2D eigenvalue weighted by Crippen LogP contribution is -2.30. The minimum absolute atomic E-state index is 0.0747. The molecule has 0 saturated heterocycles. The molecule has 0 aliphatic rings. The van der Waals surface area contributed by atoms with Crippen molar-refractivity contribution in [2.75, 3.05) is 13.1 Å². The number of benzene rings is 1. The van der Waals surface area contributed by atoms with Crippen LogP contribution < -0.4 is 0 Å². The highest BCUT2D eigenvalue weighted by atomic mass is 16.2. The van der Waals surface area contributed by atoms with Crippen LogP contribution in [0.25, 0.3) is 6.08 Å². The summed E-state index contributed by atoms with van der Waals surface area (Å²) in [4.78, 5) is 13.1. The second-order valence-electron chi connectivity index (χ2n) is 4.09. The third-order valence-corrected chi connectivity index (χ3v) is 2.45. The van der Waals surface area contributed by atoms with E-state index in [0.29, 0.717) is 13.1 Å². The van der Waals surface area contributed by atoms with E-state index < -0.39 is 0 Å². The van der Waals surface area contributed by atoms with Gasteiger partial charge in [-0.2, -0.15) is 0 Å². The standard InChI is InChI=1S/C15H19NO/c1-4-10-16(14(3)17)12-13(2)11-15-8-6-5-7-9-15/h4-9,11H,1,10,12H2,2-3H3/b13-11+. The molecule has 1 amide bonds. The predicted octanol–water partition coefficient (Wildman–Crippen LogP) is 3.12. The smallest absolute Gasteiger partial charge is 0.220 e. The molecule has 0 fully saturated rings. The summed E-state index contributed by atoms with van der Waals surface area (Å²) in [6, 6.07) is 10.1. The van der Waals surface area contributed by atoms with Crippen LogP contribution in [-0.4, -0.2) is 23.9 Å². The summed E-state index contributed by atoms with van der Waals surface area (Å²) >= 11 is 0. The lowest BCUT2D eigenvalue weighted by Gasteiger charge is -2.19. The Kier molecular flexibility index (Phi) is 5.21. The van der Waals surface area contributed by atoms with Gasteiger partial charge in [-0.15, -0.1) is 6.58 Å². The highest BCUT2D eigenvalue weighted by Gasteiger charge is 2.06. The van der Waals surface area contributed by atoms with Crippen molar-refractivity contribution >= 4 is 12.0 Å². The molecule has 90 valence electrons. The predicted molar refractivity (Wildman–Crippen MR) is 72.5 cm³/mol. The first kappa shape index (κ1) is 13.2. The van der Waals surface area contributed by atoms with Gasteiger partial charge in [0.15, 0.2) is 0 Å². The van der Waals surface area contributed by atoms with Crippen LogP contribution in [0.2, 0.25) is 0 Å². The van der Waals surface area contributed by atoms with E-state index in [1.807, 2.05) is 25.1 Å². The number of amides is 1. The van der Waals surface area contributed by atoms with E-state index in [9.17, 15) is 4.79 Å². The van der Waals surface area contributed by atoms with Gasteiger partial charge in [0.2, 0.25) is 5.91 Å². The van der Waals surface area contributed by atoms with Gasteiger partial charge in [0, 0.05) is 20.0 Å². The second-order valence-corrected chi connectivity index (χ2v) is 4.09. The molecule has 17 heavy (non-hydrogen) atoms. The first-order valence-corrected chi connectivity index (χ1v) is 5.72. The van der Waals surface area contributed by atoms with Crippen molar-refractivity contribution in [1.29, 1.82) is 0 Å². The average molecular weight is 229 g/mol. The third kappa shape index (κ3) is 4.68. The highest BCUT2D eigenvalue weighted by molar-refractivity contribution is 5.74. The van der Waals surface area contributed by atoms with E-state index in [2.05, 4.69) is 24.8 Å². The maximum Gasteiger partial charge on any atom is 0.220 e. The lowest BCUT2D eigenvalue weighted by molar-refractivity contribution is -0.127. The highest BCUT2D eigenvalue weighted by Crippen LogP contribution is 2.07. The number of carbonyl (C=O) groups excluding carboxylic acids is 1. The van der Waals surface area contributed by atoms with E-state index in [1.165, 1.54) is 0 Å². The first-order valence-electron chi connectivity index (χ1n) is 5.72. The van der Waals surface area contributed by atoms with E-state index in [-0.39, 0.29) is 5.91 Å². The molecule has 2 heteroatoms. The lowest BCUT2D eigenvalue weighted by atomic mass is 10.1. The molecular formula is C15H19NO. The summed E-state index contributed by atoms with van der Waals surface area (Å²) in [6.07, 6.45) is 3.84. The van der Waals surface area contributed by atoms with Crippen molar-refractivity contribution < 1.29 is 4.79 Å². The van der Waals surface area contributed by atoms with Crippen molar-refractivity contribution in [3.63, 3.8) is 0 Å². The fraction of sp³-hybridized carbons (Fsp3) is 0.267. The van der Waals surface area contributed by atoms with Gasteiger partial charge in [0.25, 0.3) is 0 Å². The van der Waals surface area contributed by atoms with E-state index in [0.717, 1.165) is 11.1 Å². The Labute approximate surface area is 103 Å². The van der Waals surface area contributed by atoms with E-state index >= 15 is 0 Å². The average Bonchev–Trinajstić information content (AvgIpc) is 2.29. The van der Waals surface area contributed by atoms with Crippen LogP contribution >= 0.6 is 0 Å². The van der Waals surface area contributed by atoms with Gasteiger partial charge in [0.1, 0.15) is 0 Å². The number of nitrogens with zero attached hydrogens (tertiary/aromatic N) is 1.